The third-order valence-corrected chi connectivity index (χ3v) is 5.36. The monoisotopic (exact) mass is 361 g/mol. The van der Waals surface area contributed by atoms with E-state index in [0.29, 0.717) is 51.1 Å². The number of ether oxygens (including phenoxy) is 2. The molecule has 3 atom stereocenters. The van der Waals surface area contributed by atoms with Crippen molar-refractivity contribution in [2.45, 2.75) is 19.1 Å². The fraction of sp³-hybridized carbons (Fsp3) is 0.647. The highest BCUT2D eigenvalue weighted by Gasteiger charge is 2.54. The molecule has 0 aromatic carbocycles. The molecule has 1 aromatic heterocycles. The standard InChI is InChI=1S/C17H23N5O4/c1-11-18-4-3-14(19-11)26-15-12-9-22(10-13(12)20(2)16(15)23)17(24)21-5-7-25-8-6-21/h3-4,12-13,15H,5-10H2,1-2H3/t12-,13+,15-/m0/s1. The maximum atomic E-state index is 12.8. The molecule has 9 nitrogen and oxygen atoms in total. The zero-order valence-electron chi connectivity index (χ0n) is 15.0. The van der Waals surface area contributed by atoms with E-state index in [0.717, 1.165) is 0 Å². The largest absolute Gasteiger partial charge is 0.464 e. The highest BCUT2D eigenvalue weighted by molar-refractivity contribution is 5.85. The Balaban J connectivity index is 1.48. The van der Waals surface area contributed by atoms with Gasteiger partial charge in [-0.05, 0) is 6.92 Å². The van der Waals surface area contributed by atoms with E-state index in [4.69, 9.17) is 9.47 Å². The van der Waals surface area contributed by atoms with E-state index in [9.17, 15) is 9.59 Å². The van der Waals surface area contributed by atoms with Crippen LogP contribution in [0.5, 0.6) is 5.88 Å². The number of likely N-dealkylation sites (tertiary alicyclic amines) is 2. The number of hydrogen-bond acceptors (Lipinski definition) is 6. The van der Waals surface area contributed by atoms with Crippen LogP contribution < -0.4 is 4.74 Å². The van der Waals surface area contributed by atoms with Crippen molar-refractivity contribution >= 4 is 11.9 Å². The summed E-state index contributed by atoms with van der Waals surface area (Å²) in [6.45, 7) is 5.18. The van der Waals surface area contributed by atoms with Gasteiger partial charge in [0.1, 0.15) is 5.82 Å². The smallest absolute Gasteiger partial charge is 0.320 e. The van der Waals surface area contributed by atoms with E-state index in [1.54, 1.807) is 31.1 Å². The van der Waals surface area contributed by atoms with Gasteiger partial charge in [0, 0.05) is 51.4 Å². The number of rotatable bonds is 2. The Hall–Kier alpha value is -2.42. The number of morpholine rings is 1. The zero-order chi connectivity index (χ0) is 18.3. The first-order valence-electron chi connectivity index (χ1n) is 8.89. The van der Waals surface area contributed by atoms with Crippen molar-refractivity contribution in [1.82, 2.24) is 24.7 Å². The van der Waals surface area contributed by atoms with Crippen molar-refractivity contribution in [1.29, 1.82) is 0 Å². The molecule has 3 fully saturated rings. The molecule has 3 amide bonds. The summed E-state index contributed by atoms with van der Waals surface area (Å²) >= 11 is 0. The molecule has 3 aliphatic heterocycles. The van der Waals surface area contributed by atoms with Gasteiger partial charge >= 0.3 is 6.03 Å². The first-order chi connectivity index (χ1) is 12.5. The summed E-state index contributed by atoms with van der Waals surface area (Å²) in [5.41, 5.74) is 0. The molecule has 0 radical (unpaired) electrons. The molecule has 3 saturated heterocycles. The Bertz CT molecular complexity index is 708. The summed E-state index contributed by atoms with van der Waals surface area (Å²) in [7, 11) is 1.78. The van der Waals surface area contributed by atoms with Crippen molar-refractivity contribution in [3.63, 3.8) is 0 Å². The minimum atomic E-state index is -0.623. The highest BCUT2D eigenvalue weighted by atomic mass is 16.5. The van der Waals surface area contributed by atoms with Crippen LogP contribution >= 0.6 is 0 Å². The molecule has 4 heterocycles. The first kappa shape index (κ1) is 17.0. The Morgan fingerprint density at radius 3 is 2.77 bits per heavy atom. The van der Waals surface area contributed by atoms with Crippen LogP contribution in [0.4, 0.5) is 4.79 Å². The third-order valence-electron chi connectivity index (χ3n) is 5.36. The molecule has 26 heavy (non-hydrogen) atoms. The summed E-state index contributed by atoms with van der Waals surface area (Å²) in [4.78, 5) is 39.0. The molecule has 0 aliphatic carbocycles. The number of urea groups is 1. The average molecular weight is 361 g/mol. The normalized spacial score (nSPS) is 28.5. The van der Waals surface area contributed by atoms with Crippen molar-refractivity contribution < 1.29 is 19.1 Å². The molecule has 140 valence electrons. The lowest BCUT2D eigenvalue weighted by Crippen LogP contribution is -2.49. The summed E-state index contributed by atoms with van der Waals surface area (Å²) < 4.78 is 11.2. The van der Waals surface area contributed by atoms with Crippen molar-refractivity contribution in [3.8, 4) is 5.88 Å². The van der Waals surface area contributed by atoms with Gasteiger partial charge < -0.3 is 24.2 Å². The number of nitrogens with zero attached hydrogens (tertiary/aromatic N) is 5. The maximum Gasteiger partial charge on any atom is 0.320 e. The predicted molar refractivity (Wildman–Crippen MR) is 90.6 cm³/mol. The van der Waals surface area contributed by atoms with Crippen LogP contribution in [-0.2, 0) is 9.53 Å². The van der Waals surface area contributed by atoms with Gasteiger partial charge in [0.05, 0.1) is 19.3 Å². The summed E-state index contributed by atoms with van der Waals surface area (Å²) in [5.74, 6) is 0.860. The van der Waals surface area contributed by atoms with Gasteiger partial charge in [0.2, 0.25) is 5.88 Å². The molecule has 4 rings (SSSR count). The first-order valence-corrected chi connectivity index (χ1v) is 8.89. The third kappa shape index (κ3) is 2.96. The Labute approximate surface area is 151 Å². The molecule has 0 bridgehead atoms. The second kappa shape index (κ2) is 6.71. The zero-order valence-corrected chi connectivity index (χ0v) is 15.0. The fourth-order valence-corrected chi connectivity index (χ4v) is 3.95. The molecular weight excluding hydrogens is 338 g/mol. The average Bonchev–Trinajstić information content (AvgIpc) is 3.17. The summed E-state index contributed by atoms with van der Waals surface area (Å²) in [6, 6.07) is 1.64. The molecule has 0 unspecified atom stereocenters. The molecule has 0 N–H and O–H groups in total. The van der Waals surface area contributed by atoms with E-state index in [-0.39, 0.29) is 23.9 Å². The molecule has 3 aliphatic rings. The summed E-state index contributed by atoms with van der Waals surface area (Å²) in [5, 5.41) is 0. The van der Waals surface area contributed by atoms with E-state index >= 15 is 0 Å². The van der Waals surface area contributed by atoms with E-state index < -0.39 is 6.10 Å². The molecule has 0 saturated carbocycles. The number of aryl methyl sites for hydroxylation is 1. The van der Waals surface area contributed by atoms with Crippen molar-refractivity contribution in [2.24, 2.45) is 5.92 Å². The molecule has 9 heteroatoms. The van der Waals surface area contributed by atoms with Crippen LogP contribution in [0.15, 0.2) is 12.3 Å². The Morgan fingerprint density at radius 2 is 2.04 bits per heavy atom. The van der Waals surface area contributed by atoms with Gasteiger partial charge in [0.25, 0.3) is 5.91 Å². The number of carbonyl (C=O) groups excluding carboxylic acids is 2. The lowest BCUT2D eigenvalue weighted by molar-refractivity contribution is -0.134. The lowest BCUT2D eigenvalue weighted by Gasteiger charge is -2.31. The number of carbonyl (C=O) groups is 2. The van der Waals surface area contributed by atoms with Gasteiger partial charge in [0.15, 0.2) is 6.10 Å². The Morgan fingerprint density at radius 1 is 1.27 bits per heavy atom. The van der Waals surface area contributed by atoms with Gasteiger partial charge in [-0.2, -0.15) is 4.98 Å². The van der Waals surface area contributed by atoms with Crippen molar-refractivity contribution in [2.75, 3.05) is 46.4 Å². The van der Waals surface area contributed by atoms with Gasteiger partial charge in [-0.3, -0.25) is 4.79 Å². The molecule has 0 spiro atoms. The van der Waals surface area contributed by atoms with Crippen molar-refractivity contribution in [3.05, 3.63) is 18.1 Å². The number of fused-ring (bicyclic) bond motifs is 1. The van der Waals surface area contributed by atoms with E-state index in [1.807, 2.05) is 9.80 Å². The molecular formula is C17H23N5O4. The number of likely N-dealkylation sites (N-methyl/N-ethyl adjacent to an activating group) is 1. The fourth-order valence-electron chi connectivity index (χ4n) is 3.95. The van der Waals surface area contributed by atoms with E-state index in [2.05, 4.69) is 9.97 Å². The van der Waals surface area contributed by atoms with Crippen LogP contribution in [0.1, 0.15) is 5.82 Å². The lowest BCUT2D eigenvalue weighted by atomic mass is 10.0. The van der Waals surface area contributed by atoms with Crippen LogP contribution in [0.25, 0.3) is 0 Å². The van der Waals surface area contributed by atoms with Gasteiger partial charge in [-0.1, -0.05) is 0 Å². The topological polar surface area (TPSA) is 88.1 Å². The highest BCUT2D eigenvalue weighted by Crippen LogP contribution is 2.34. The minimum Gasteiger partial charge on any atom is -0.464 e. The van der Waals surface area contributed by atoms with Crippen LogP contribution in [0.3, 0.4) is 0 Å². The van der Waals surface area contributed by atoms with Gasteiger partial charge in [-0.15, -0.1) is 0 Å². The number of hydrogen-bond donors (Lipinski definition) is 0. The SMILES string of the molecule is Cc1nccc(O[C@@H]2C(=O)N(C)[C@@H]3CN(C(=O)N4CCOCC4)C[C@H]23)n1. The second-order valence-corrected chi connectivity index (χ2v) is 6.95. The molecule has 1 aromatic rings. The maximum absolute atomic E-state index is 12.8. The predicted octanol–water partition coefficient (Wildman–Crippen LogP) is -0.243. The quantitative estimate of drug-likeness (QED) is 0.722. The van der Waals surface area contributed by atoms with E-state index in [1.165, 1.54) is 0 Å². The van der Waals surface area contributed by atoms with Gasteiger partial charge in [-0.25, -0.2) is 9.78 Å². The van der Waals surface area contributed by atoms with Crippen LogP contribution in [-0.4, -0.2) is 95.2 Å². The summed E-state index contributed by atoms with van der Waals surface area (Å²) in [6.07, 6.45) is 0.989. The van der Waals surface area contributed by atoms with Crippen LogP contribution in [0, 0.1) is 12.8 Å². The minimum absolute atomic E-state index is 0.0141. The number of amides is 3. The Kier molecular flexibility index (Phi) is 4.39. The number of aromatic nitrogens is 2. The van der Waals surface area contributed by atoms with Crippen LogP contribution in [0.2, 0.25) is 0 Å². The second-order valence-electron chi connectivity index (χ2n) is 6.95.